The molecule has 1 saturated heterocycles. The fourth-order valence-electron chi connectivity index (χ4n) is 6.00. The van der Waals surface area contributed by atoms with Crippen molar-refractivity contribution in [2.45, 2.75) is 199 Å². The van der Waals surface area contributed by atoms with E-state index in [9.17, 15) is 20.1 Å². The van der Waals surface area contributed by atoms with Crippen LogP contribution in [0.25, 0.3) is 0 Å². The highest BCUT2D eigenvalue weighted by Gasteiger charge is 2.45. The van der Waals surface area contributed by atoms with E-state index in [4.69, 9.17) is 10.5 Å². The Morgan fingerprint density at radius 1 is 0.634 bits per heavy atom. The Kier molecular flexibility index (Phi) is 24.0. The first-order chi connectivity index (χ1) is 20.0. The Labute approximate surface area is 253 Å². The van der Waals surface area contributed by atoms with Crippen LogP contribution >= 0.6 is 0 Å². The van der Waals surface area contributed by atoms with Crippen LogP contribution in [-0.4, -0.2) is 69.9 Å². The number of carbonyl (C=O) groups excluding carboxylic acids is 1. The molecule has 1 aliphatic heterocycles. The number of hydrogen-bond acceptors (Lipinski definition) is 6. The van der Waals surface area contributed by atoms with Crippen LogP contribution in [-0.2, 0) is 9.53 Å². The van der Waals surface area contributed by atoms with Crippen molar-refractivity contribution in [1.29, 1.82) is 0 Å². The zero-order valence-electron chi connectivity index (χ0n) is 27.0. The molecule has 0 unspecified atom stereocenters. The second-order valence-electron chi connectivity index (χ2n) is 12.6. The maximum Gasteiger partial charge on any atom is 0.224 e. The van der Waals surface area contributed by atoms with Gasteiger partial charge in [-0.3, -0.25) is 4.79 Å². The Morgan fingerprint density at radius 3 is 1.44 bits per heavy atom. The van der Waals surface area contributed by atoms with Gasteiger partial charge in [0.05, 0.1) is 12.6 Å². The van der Waals surface area contributed by atoms with Gasteiger partial charge in [-0.15, -0.1) is 0 Å². The molecule has 1 heterocycles. The first-order valence-corrected chi connectivity index (χ1v) is 17.6. The smallest absolute Gasteiger partial charge is 0.224 e. The molecule has 0 saturated carbocycles. The molecule has 0 radical (unpaired) electrons. The van der Waals surface area contributed by atoms with Crippen LogP contribution in [0.3, 0.4) is 0 Å². The summed E-state index contributed by atoms with van der Waals surface area (Å²) in [6.45, 7) is 4.59. The molecule has 7 nitrogen and oxygen atoms in total. The van der Waals surface area contributed by atoms with Crippen LogP contribution in [0.4, 0.5) is 0 Å². The molecule has 0 bridgehead atoms. The van der Waals surface area contributed by atoms with E-state index < -0.39 is 37.2 Å². The van der Waals surface area contributed by atoms with E-state index in [1.807, 2.05) is 0 Å². The van der Waals surface area contributed by atoms with Gasteiger partial charge in [-0.1, -0.05) is 149 Å². The number of amides is 1. The lowest BCUT2D eigenvalue weighted by atomic mass is 9.95. The summed E-state index contributed by atoms with van der Waals surface area (Å²) in [7, 11) is 0. The van der Waals surface area contributed by atoms with Crippen LogP contribution in [0.15, 0.2) is 0 Å². The molecule has 244 valence electrons. The topological polar surface area (TPSA) is 116 Å². The third-order valence-corrected chi connectivity index (χ3v) is 8.82. The summed E-state index contributed by atoms with van der Waals surface area (Å²) < 4.78 is 5.90. The molecular formula is C34H68N2O5. The third kappa shape index (κ3) is 17.2. The fraction of sp³-hybridized carbons (Fsp3) is 0.971. The molecule has 0 aromatic heterocycles. The number of aliphatic hydroxyl groups excluding tert-OH is 3. The lowest BCUT2D eigenvalue weighted by molar-refractivity contribution is -0.226. The number of rotatable bonds is 27. The molecular weight excluding hydrogens is 516 g/mol. The Balaban J connectivity index is 2.39. The number of nitrogens with two attached hydrogens (primary N) is 1. The average molecular weight is 585 g/mol. The molecule has 0 aromatic rings. The molecule has 1 rings (SSSR count). The molecule has 1 aliphatic rings. The number of unbranched alkanes of at least 4 members (excludes halogenated alkanes) is 21. The molecule has 1 fully saturated rings. The second-order valence-corrected chi connectivity index (χ2v) is 12.6. The summed E-state index contributed by atoms with van der Waals surface area (Å²) in [4.78, 5) is 15.0. The summed E-state index contributed by atoms with van der Waals surface area (Å²) in [6, 6.07) is -0.911. The predicted molar refractivity (Wildman–Crippen MR) is 170 cm³/mol. The molecule has 0 spiro atoms. The molecule has 1 amide bonds. The largest absolute Gasteiger partial charge is 0.394 e. The Hall–Kier alpha value is -0.730. The SMILES string of the molecule is CCCCCCCCCCCCCCCC(=O)N(CCCCCCCCCCCC)[C@@H]1O[C@H](CO)[C@@H](O)[C@H](O)[C@H]1N. The summed E-state index contributed by atoms with van der Waals surface area (Å²) in [5, 5.41) is 30.4. The minimum absolute atomic E-state index is 0.00951. The van der Waals surface area contributed by atoms with Gasteiger partial charge in [0.25, 0.3) is 0 Å². The molecule has 41 heavy (non-hydrogen) atoms. The van der Waals surface area contributed by atoms with Crippen molar-refractivity contribution in [2.75, 3.05) is 13.2 Å². The predicted octanol–water partition coefficient (Wildman–Crippen LogP) is 6.98. The number of aliphatic hydroxyl groups is 3. The zero-order valence-corrected chi connectivity index (χ0v) is 27.0. The monoisotopic (exact) mass is 585 g/mol. The van der Waals surface area contributed by atoms with Crippen LogP contribution in [0.1, 0.15) is 168 Å². The van der Waals surface area contributed by atoms with Crippen molar-refractivity contribution in [3.63, 3.8) is 0 Å². The van der Waals surface area contributed by atoms with Gasteiger partial charge in [0.15, 0.2) is 6.23 Å². The Morgan fingerprint density at radius 2 is 1.02 bits per heavy atom. The third-order valence-electron chi connectivity index (χ3n) is 8.82. The summed E-state index contributed by atoms with van der Waals surface area (Å²) in [6.07, 6.45) is 24.6. The van der Waals surface area contributed by atoms with E-state index in [0.717, 1.165) is 38.5 Å². The quantitative estimate of drug-likeness (QED) is 0.0774. The van der Waals surface area contributed by atoms with E-state index in [2.05, 4.69) is 13.8 Å². The van der Waals surface area contributed by atoms with Gasteiger partial charge in [-0.2, -0.15) is 0 Å². The van der Waals surface area contributed by atoms with Crippen molar-refractivity contribution >= 4 is 5.91 Å². The molecule has 7 heteroatoms. The van der Waals surface area contributed by atoms with Gasteiger partial charge in [-0.25, -0.2) is 0 Å². The minimum atomic E-state index is -1.26. The summed E-state index contributed by atoms with van der Waals surface area (Å²) in [5.41, 5.74) is 6.25. The molecule has 0 aliphatic carbocycles. The molecule has 0 aromatic carbocycles. The standard InChI is InChI=1S/C34H68N2O5/c1-3-5-7-9-11-13-15-16-17-18-20-22-24-26-30(38)36(27-25-23-21-19-14-12-10-8-6-4-2)34-31(35)33(40)32(39)29(28-37)41-34/h29,31-34,37,39-40H,3-28,35H2,1-2H3/t29-,31-,32-,33-,34-/m1/s1. The number of nitrogens with zero attached hydrogens (tertiary/aromatic N) is 1. The zero-order chi connectivity index (χ0) is 30.1. The Bertz CT molecular complexity index is 606. The highest BCUT2D eigenvalue weighted by atomic mass is 16.5. The number of ether oxygens (including phenoxy) is 1. The van der Waals surface area contributed by atoms with Crippen molar-refractivity contribution in [3.05, 3.63) is 0 Å². The molecule has 5 atom stereocenters. The van der Waals surface area contributed by atoms with Gasteiger partial charge in [0.1, 0.15) is 18.3 Å². The maximum atomic E-state index is 13.3. The van der Waals surface area contributed by atoms with Crippen LogP contribution in [0.2, 0.25) is 0 Å². The average Bonchev–Trinajstić information content (AvgIpc) is 2.97. The lowest BCUT2D eigenvalue weighted by Crippen LogP contribution is -2.67. The van der Waals surface area contributed by atoms with E-state index in [1.165, 1.54) is 109 Å². The summed E-state index contributed by atoms with van der Waals surface area (Å²) >= 11 is 0. The van der Waals surface area contributed by atoms with E-state index >= 15 is 0 Å². The maximum absolute atomic E-state index is 13.3. The normalized spacial score (nSPS) is 22.7. The van der Waals surface area contributed by atoms with Gasteiger partial charge in [-0.05, 0) is 12.8 Å². The van der Waals surface area contributed by atoms with E-state index in [-0.39, 0.29) is 5.91 Å². The van der Waals surface area contributed by atoms with Gasteiger partial charge in [0, 0.05) is 13.0 Å². The van der Waals surface area contributed by atoms with Crippen LogP contribution in [0, 0.1) is 0 Å². The van der Waals surface area contributed by atoms with E-state index in [1.54, 1.807) is 4.90 Å². The highest BCUT2D eigenvalue weighted by molar-refractivity contribution is 5.76. The number of hydrogen-bond donors (Lipinski definition) is 4. The second kappa shape index (κ2) is 25.7. The van der Waals surface area contributed by atoms with Crippen LogP contribution < -0.4 is 5.73 Å². The number of carbonyl (C=O) groups is 1. The van der Waals surface area contributed by atoms with Crippen molar-refractivity contribution in [3.8, 4) is 0 Å². The van der Waals surface area contributed by atoms with Crippen LogP contribution in [0.5, 0.6) is 0 Å². The van der Waals surface area contributed by atoms with Gasteiger partial charge >= 0.3 is 0 Å². The van der Waals surface area contributed by atoms with E-state index in [0.29, 0.717) is 13.0 Å². The van der Waals surface area contributed by atoms with Gasteiger partial charge < -0.3 is 30.7 Å². The summed E-state index contributed by atoms with van der Waals surface area (Å²) in [5.74, 6) is -0.00951. The van der Waals surface area contributed by atoms with Gasteiger partial charge in [0.2, 0.25) is 5.91 Å². The lowest BCUT2D eigenvalue weighted by Gasteiger charge is -2.45. The minimum Gasteiger partial charge on any atom is -0.394 e. The first-order valence-electron chi connectivity index (χ1n) is 17.6. The van der Waals surface area contributed by atoms with Crippen molar-refractivity contribution in [1.82, 2.24) is 4.90 Å². The highest BCUT2D eigenvalue weighted by Crippen LogP contribution is 2.24. The first kappa shape index (κ1) is 38.3. The fourth-order valence-corrected chi connectivity index (χ4v) is 6.00. The van der Waals surface area contributed by atoms with Crippen molar-refractivity contribution < 1.29 is 24.9 Å². The van der Waals surface area contributed by atoms with Crippen molar-refractivity contribution in [2.24, 2.45) is 5.73 Å². The molecule has 5 N–H and O–H groups in total.